The van der Waals surface area contributed by atoms with Crippen LogP contribution in [0.2, 0.25) is 0 Å². The van der Waals surface area contributed by atoms with Gasteiger partial charge in [-0.1, -0.05) is 0 Å². The van der Waals surface area contributed by atoms with Crippen LogP contribution in [0.25, 0.3) is 5.69 Å². The first-order valence-electron chi connectivity index (χ1n) is 12.0. The third kappa shape index (κ3) is 5.50. The summed E-state index contributed by atoms with van der Waals surface area (Å²) in [5.41, 5.74) is 1.10. The number of halogens is 1. The summed E-state index contributed by atoms with van der Waals surface area (Å²) in [5, 5.41) is 7.34. The standard InChI is InChI=1S/C28H25FN4O5/c1-36-23-10-12-24(13-11-23)38-25-18-30-33(22-8-4-20(29)5-9-22)28(35)26(25)31-21-6-2-19(3-7-21)27(34)32-14-16-37-17-15-32/h2-13,18,31H,14-17H2,1H3. The lowest BCUT2D eigenvalue weighted by Gasteiger charge is -2.26. The fraction of sp³-hybridized carbons (Fsp3) is 0.179. The number of nitrogens with zero attached hydrogens (tertiary/aromatic N) is 3. The molecule has 2 heterocycles. The van der Waals surface area contributed by atoms with Gasteiger partial charge in [0.1, 0.15) is 17.3 Å². The van der Waals surface area contributed by atoms with Crippen LogP contribution in [0.1, 0.15) is 10.4 Å². The second-order valence-corrected chi connectivity index (χ2v) is 8.46. The van der Waals surface area contributed by atoms with Crippen molar-refractivity contribution in [1.29, 1.82) is 0 Å². The molecule has 1 aliphatic heterocycles. The van der Waals surface area contributed by atoms with Gasteiger partial charge in [0.25, 0.3) is 11.5 Å². The van der Waals surface area contributed by atoms with Gasteiger partial charge >= 0.3 is 0 Å². The fourth-order valence-electron chi connectivity index (χ4n) is 3.96. The molecule has 0 atom stereocenters. The lowest BCUT2D eigenvalue weighted by atomic mass is 10.1. The number of hydrogen-bond acceptors (Lipinski definition) is 7. The zero-order valence-electron chi connectivity index (χ0n) is 20.6. The highest BCUT2D eigenvalue weighted by atomic mass is 19.1. The van der Waals surface area contributed by atoms with Gasteiger partial charge < -0.3 is 24.4 Å². The van der Waals surface area contributed by atoms with E-state index >= 15 is 0 Å². The monoisotopic (exact) mass is 516 g/mol. The summed E-state index contributed by atoms with van der Waals surface area (Å²) in [5.74, 6) is 0.817. The average molecular weight is 517 g/mol. The van der Waals surface area contributed by atoms with E-state index in [9.17, 15) is 14.0 Å². The van der Waals surface area contributed by atoms with Crippen LogP contribution in [0.5, 0.6) is 17.2 Å². The molecule has 1 saturated heterocycles. The van der Waals surface area contributed by atoms with E-state index in [0.29, 0.717) is 54.7 Å². The van der Waals surface area contributed by atoms with Crippen LogP contribution in [0.15, 0.2) is 83.8 Å². The molecule has 9 nitrogen and oxygen atoms in total. The minimum Gasteiger partial charge on any atom is -0.497 e. The summed E-state index contributed by atoms with van der Waals surface area (Å²) in [7, 11) is 1.57. The molecule has 3 aromatic carbocycles. The van der Waals surface area contributed by atoms with E-state index in [1.165, 1.54) is 30.5 Å². The summed E-state index contributed by atoms with van der Waals surface area (Å²) in [6.45, 7) is 2.13. The number of anilines is 2. The zero-order valence-corrected chi connectivity index (χ0v) is 20.6. The van der Waals surface area contributed by atoms with Gasteiger partial charge in [-0.2, -0.15) is 9.78 Å². The summed E-state index contributed by atoms with van der Waals surface area (Å²) in [6.07, 6.45) is 1.41. The topological polar surface area (TPSA) is 94.9 Å². The number of aromatic nitrogens is 2. The molecule has 1 N–H and O–H groups in total. The Morgan fingerprint density at radius 1 is 0.947 bits per heavy atom. The summed E-state index contributed by atoms with van der Waals surface area (Å²) in [4.78, 5) is 28.1. The van der Waals surface area contributed by atoms with Crippen molar-refractivity contribution in [2.75, 3.05) is 38.7 Å². The van der Waals surface area contributed by atoms with Crippen molar-refractivity contribution >= 4 is 17.3 Å². The van der Waals surface area contributed by atoms with E-state index in [2.05, 4.69) is 10.4 Å². The minimum absolute atomic E-state index is 0.0778. The van der Waals surface area contributed by atoms with E-state index in [0.717, 1.165) is 4.68 Å². The Morgan fingerprint density at radius 2 is 1.61 bits per heavy atom. The maximum atomic E-state index is 13.5. The minimum atomic E-state index is -0.504. The van der Waals surface area contributed by atoms with Crippen molar-refractivity contribution in [1.82, 2.24) is 14.7 Å². The van der Waals surface area contributed by atoms with Gasteiger partial charge in [0.15, 0.2) is 11.4 Å². The number of carbonyl (C=O) groups excluding carboxylic acids is 1. The number of nitrogens with one attached hydrogen (secondary N) is 1. The van der Waals surface area contributed by atoms with Gasteiger partial charge in [0, 0.05) is 24.3 Å². The third-order valence-electron chi connectivity index (χ3n) is 6.00. The molecule has 4 aromatic rings. The van der Waals surface area contributed by atoms with E-state index in [1.54, 1.807) is 60.5 Å². The van der Waals surface area contributed by atoms with Gasteiger partial charge in [-0.15, -0.1) is 0 Å². The molecule has 5 rings (SSSR count). The second-order valence-electron chi connectivity index (χ2n) is 8.46. The molecule has 0 saturated carbocycles. The maximum absolute atomic E-state index is 13.5. The molecule has 1 fully saturated rings. The SMILES string of the molecule is COc1ccc(Oc2cnn(-c3ccc(F)cc3)c(=O)c2Nc2ccc(C(=O)N3CCOCC3)cc2)cc1. The number of morpholine rings is 1. The van der Waals surface area contributed by atoms with Crippen molar-refractivity contribution in [2.24, 2.45) is 0 Å². The Morgan fingerprint density at radius 3 is 2.26 bits per heavy atom. The molecule has 1 amide bonds. The first-order valence-corrected chi connectivity index (χ1v) is 12.0. The Labute approximate surface area is 218 Å². The molecule has 1 aliphatic rings. The second kappa shape index (κ2) is 11.1. The number of ether oxygens (including phenoxy) is 3. The molecule has 1 aromatic heterocycles. The van der Waals surface area contributed by atoms with Gasteiger partial charge in [0.05, 0.1) is 32.2 Å². The first-order chi connectivity index (χ1) is 18.5. The van der Waals surface area contributed by atoms with E-state index in [1.807, 2.05) is 0 Å². The highest BCUT2D eigenvalue weighted by molar-refractivity contribution is 5.94. The van der Waals surface area contributed by atoms with E-state index in [4.69, 9.17) is 14.2 Å². The van der Waals surface area contributed by atoms with Gasteiger partial charge in [0.2, 0.25) is 0 Å². The number of hydrogen-bond donors (Lipinski definition) is 1. The van der Waals surface area contributed by atoms with Gasteiger partial charge in [-0.05, 0) is 72.8 Å². The molecular formula is C28H25FN4O5. The molecule has 0 aliphatic carbocycles. The van der Waals surface area contributed by atoms with Crippen LogP contribution >= 0.6 is 0 Å². The van der Waals surface area contributed by atoms with Crippen molar-refractivity contribution in [3.63, 3.8) is 0 Å². The smallest absolute Gasteiger partial charge is 0.299 e. The Balaban J connectivity index is 1.46. The lowest BCUT2D eigenvalue weighted by Crippen LogP contribution is -2.40. The molecule has 0 spiro atoms. The van der Waals surface area contributed by atoms with Crippen LogP contribution in [0.4, 0.5) is 15.8 Å². The molecule has 10 heteroatoms. The predicted molar refractivity (Wildman–Crippen MR) is 139 cm³/mol. The van der Waals surface area contributed by atoms with Gasteiger partial charge in [-0.3, -0.25) is 9.59 Å². The van der Waals surface area contributed by atoms with Crippen molar-refractivity contribution in [3.8, 4) is 22.9 Å². The number of rotatable bonds is 7. The predicted octanol–water partition coefficient (Wildman–Crippen LogP) is 4.39. The number of amides is 1. The molecule has 0 bridgehead atoms. The normalized spacial score (nSPS) is 13.2. The van der Waals surface area contributed by atoms with E-state index < -0.39 is 11.4 Å². The number of methoxy groups -OCH3 is 1. The summed E-state index contributed by atoms with van der Waals surface area (Å²) < 4.78 is 31.1. The van der Waals surface area contributed by atoms with Crippen molar-refractivity contribution in [2.45, 2.75) is 0 Å². The average Bonchev–Trinajstić information content (AvgIpc) is 2.96. The Kier molecular flexibility index (Phi) is 7.32. The maximum Gasteiger partial charge on any atom is 0.299 e. The summed E-state index contributed by atoms with van der Waals surface area (Å²) >= 11 is 0. The van der Waals surface area contributed by atoms with Gasteiger partial charge in [-0.25, -0.2) is 4.39 Å². The van der Waals surface area contributed by atoms with Crippen LogP contribution < -0.4 is 20.3 Å². The van der Waals surface area contributed by atoms with Crippen LogP contribution in [0.3, 0.4) is 0 Å². The Hall–Kier alpha value is -4.70. The highest BCUT2D eigenvalue weighted by Gasteiger charge is 2.19. The third-order valence-corrected chi connectivity index (χ3v) is 6.00. The fourth-order valence-corrected chi connectivity index (χ4v) is 3.96. The largest absolute Gasteiger partial charge is 0.497 e. The molecule has 194 valence electrons. The Bertz CT molecular complexity index is 1470. The molecule has 0 unspecified atom stereocenters. The zero-order chi connectivity index (χ0) is 26.5. The van der Waals surface area contributed by atoms with Crippen LogP contribution in [0, 0.1) is 5.82 Å². The van der Waals surface area contributed by atoms with Crippen LogP contribution in [-0.2, 0) is 4.74 Å². The summed E-state index contributed by atoms with van der Waals surface area (Å²) in [6, 6.07) is 19.1. The molecular weight excluding hydrogens is 491 g/mol. The van der Waals surface area contributed by atoms with Crippen LogP contribution in [-0.4, -0.2) is 54.0 Å². The number of benzene rings is 3. The molecule has 38 heavy (non-hydrogen) atoms. The quantitative estimate of drug-likeness (QED) is 0.389. The first kappa shape index (κ1) is 25.0. The van der Waals surface area contributed by atoms with E-state index in [-0.39, 0.29) is 17.3 Å². The lowest BCUT2D eigenvalue weighted by molar-refractivity contribution is 0.0303. The number of carbonyl (C=O) groups is 1. The van der Waals surface area contributed by atoms with Crippen molar-refractivity contribution < 1.29 is 23.4 Å². The highest BCUT2D eigenvalue weighted by Crippen LogP contribution is 2.30. The van der Waals surface area contributed by atoms with Crippen molar-refractivity contribution in [3.05, 3.63) is 101 Å². The molecule has 0 radical (unpaired) electrons.